The summed E-state index contributed by atoms with van der Waals surface area (Å²) in [7, 11) is 1.60. The van der Waals surface area contributed by atoms with Gasteiger partial charge in [0.05, 0.1) is 24.1 Å². The summed E-state index contributed by atoms with van der Waals surface area (Å²) < 4.78 is 10.5. The lowest BCUT2D eigenvalue weighted by molar-refractivity contribution is 0.415. The van der Waals surface area contributed by atoms with Gasteiger partial charge in [-0.15, -0.1) is 0 Å². The van der Waals surface area contributed by atoms with Crippen LogP contribution in [0, 0.1) is 6.92 Å². The summed E-state index contributed by atoms with van der Waals surface area (Å²) in [5.74, 6) is 0.757. The first-order valence-electron chi connectivity index (χ1n) is 7.45. The second kappa shape index (κ2) is 6.20. The third-order valence-electron chi connectivity index (χ3n) is 3.83. The lowest BCUT2D eigenvalue weighted by Crippen LogP contribution is -2.03. The third-order valence-corrected chi connectivity index (χ3v) is 3.83. The zero-order valence-corrected chi connectivity index (χ0v) is 13.7. The normalized spacial score (nSPS) is 11.7. The van der Waals surface area contributed by atoms with Gasteiger partial charge in [0.25, 0.3) is 0 Å². The molecule has 1 N–H and O–H groups in total. The van der Waals surface area contributed by atoms with Crippen LogP contribution in [0.4, 0.5) is 5.69 Å². The van der Waals surface area contributed by atoms with Crippen LogP contribution in [0.5, 0.6) is 11.5 Å². The van der Waals surface area contributed by atoms with Crippen molar-refractivity contribution in [3.8, 4) is 11.5 Å². The molecule has 5 nitrogen and oxygen atoms in total. The number of aryl methyl sites for hydroxylation is 1. The lowest BCUT2D eigenvalue weighted by atomic mass is 10.0. The summed E-state index contributed by atoms with van der Waals surface area (Å²) in [5.41, 5.74) is 2.36. The summed E-state index contributed by atoms with van der Waals surface area (Å²) in [4.78, 5) is 16.2. The number of ether oxygens (including phenoxy) is 1. The Hall–Kier alpha value is -3.08. The summed E-state index contributed by atoms with van der Waals surface area (Å²) >= 11 is 0. The zero-order valence-electron chi connectivity index (χ0n) is 13.7. The molecule has 1 aromatic heterocycles. The molecule has 0 aliphatic carbocycles. The van der Waals surface area contributed by atoms with Crippen molar-refractivity contribution in [3.05, 3.63) is 64.0 Å². The number of phenols is 1. The van der Waals surface area contributed by atoms with Crippen molar-refractivity contribution < 1.29 is 14.3 Å². The number of aromatic hydroxyl groups is 1. The van der Waals surface area contributed by atoms with E-state index in [1.54, 1.807) is 38.3 Å². The minimum atomic E-state index is -0.455. The van der Waals surface area contributed by atoms with Gasteiger partial charge >= 0.3 is 5.63 Å². The first kappa shape index (κ1) is 15.8. The molecule has 1 heterocycles. The highest BCUT2D eigenvalue weighted by atomic mass is 16.5. The zero-order chi connectivity index (χ0) is 17.3. The van der Waals surface area contributed by atoms with Gasteiger partial charge in [0.15, 0.2) is 5.58 Å². The van der Waals surface area contributed by atoms with E-state index >= 15 is 0 Å². The molecule has 0 aliphatic rings. The fourth-order valence-electron chi connectivity index (χ4n) is 2.63. The van der Waals surface area contributed by atoms with Gasteiger partial charge in [0.1, 0.15) is 11.5 Å². The average Bonchev–Trinajstić information content (AvgIpc) is 2.54. The Morgan fingerprint density at radius 3 is 2.54 bits per heavy atom. The summed E-state index contributed by atoms with van der Waals surface area (Å²) in [6.07, 6.45) is 0. The van der Waals surface area contributed by atoms with E-state index in [4.69, 9.17) is 9.15 Å². The van der Waals surface area contributed by atoms with Crippen LogP contribution >= 0.6 is 0 Å². The maximum absolute atomic E-state index is 11.7. The van der Waals surface area contributed by atoms with Crippen LogP contribution in [0.2, 0.25) is 0 Å². The molecule has 2 aromatic carbocycles. The topological polar surface area (TPSA) is 72.0 Å². The number of phenolic OH excluding ortho intramolecular Hbond substituents is 1. The maximum atomic E-state index is 11.7. The van der Waals surface area contributed by atoms with E-state index < -0.39 is 5.63 Å². The van der Waals surface area contributed by atoms with E-state index in [0.717, 1.165) is 16.7 Å². The molecule has 0 saturated heterocycles. The highest BCUT2D eigenvalue weighted by Crippen LogP contribution is 2.30. The van der Waals surface area contributed by atoms with Crippen LogP contribution in [0.15, 0.2) is 56.7 Å². The standard InChI is InChI=1S/C19H17NO4/c1-11-10-17(22)24-19-15(11)8-9-16(21)18(19)12(2)20-13-4-6-14(23-3)7-5-13/h4-10,21H,1-3H3. The Kier molecular flexibility index (Phi) is 4.08. The largest absolute Gasteiger partial charge is 0.507 e. The van der Waals surface area contributed by atoms with Crippen LogP contribution in [0.1, 0.15) is 18.1 Å². The molecule has 0 fully saturated rings. The molecule has 0 bridgehead atoms. The fourth-order valence-corrected chi connectivity index (χ4v) is 2.63. The monoisotopic (exact) mass is 323 g/mol. The quantitative estimate of drug-likeness (QED) is 0.585. The SMILES string of the molecule is COc1ccc(N=C(C)c2c(O)ccc3c(C)cc(=O)oc23)cc1. The van der Waals surface area contributed by atoms with Gasteiger partial charge < -0.3 is 14.3 Å². The molecule has 0 spiro atoms. The number of hydrogen-bond donors (Lipinski definition) is 1. The highest BCUT2D eigenvalue weighted by Gasteiger charge is 2.14. The van der Waals surface area contributed by atoms with Gasteiger partial charge in [-0.25, -0.2) is 4.79 Å². The molecule has 24 heavy (non-hydrogen) atoms. The molecule has 0 aliphatic heterocycles. The smallest absolute Gasteiger partial charge is 0.336 e. The molecule has 122 valence electrons. The molecular weight excluding hydrogens is 306 g/mol. The van der Waals surface area contributed by atoms with E-state index in [1.807, 2.05) is 19.1 Å². The predicted octanol–water partition coefficient (Wildman–Crippen LogP) is 3.96. The summed E-state index contributed by atoms with van der Waals surface area (Å²) in [6, 6.07) is 12.0. The van der Waals surface area contributed by atoms with Crippen molar-refractivity contribution in [1.29, 1.82) is 0 Å². The Bertz CT molecular complexity index is 985. The molecular formula is C19H17NO4. The molecule has 0 amide bonds. The maximum Gasteiger partial charge on any atom is 0.336 e. The van der Waals surface area contributed by atoms with E-state index in [0.29, 0.717) is 22.5 Å². The van der Waals surface area contributed by atoms with Crippen molar-refractivity contribution >= 4 is 22.4 Å². The van der Waals surface area contributed by atoms with Crippen LogP contribution in [0.3, 0.4) is 0 Å². The minimum Gasteiger partial charge on any atom is -0.507 e. The highest BCUT2D eigenvalue weighted by molar-refractivity contribution is 6.11. The van der Waals surface area contributed by atoms with E-state index in [1.165, 1.54) is 6.07 Å². The molecule has 0 atom stereocenters. The van der Waals surface area contributed by atoms with Crippen molar-refractivity contribution in [2.24, 2.45) is 4.99 Å². The van der Waals surface area contributed by atoms with Crippen LogP contribution in [-0.4, -0.2) is 17.9 Å². The van der Waals surface area contributed by atoms with Crippen molar-refractivity contribution in [3.63, 3.8) is 0 Å². The molecule has 0 radical (unpaired) electrons. The van der Waals surface area contributed by atoms with Gasteiger partial charge in [0, 0.05) is 11.5 Å². The number of hydrogen-bond acceptors (Lipinski definition) is 5. The first-order chi connectivity index (χ1) is 11.5. The van der Waals surface area contributed by atoms with Gasteiger partial charge in [-0.2, -0.15) is 0 Å². The molecule has 0 saturated carbocycles. The van der Waals surface area contributed by atoms with Gasteiger partial charge in [-0.05, 0) is 55.8 Å². The molecule has 3 rings (SSSR count). The number of fused-ring (bicyclic) bond motifs is 1. The number of methoxy groups -OCH3 is 1. The van der Waals surface area contributed by atoms with E-state index in [-0.39, 0.29) is 5.75 Å². The number of nitrogens with zero attached hydrogens (tertiary/aromatic N) is 1. The number of aliphatic imine (C=N–C) groups is 1. The van der Waals surface area contributed by atoms with Crippen LogP contribution < -0.4 is 10.4 Å². The van der Waals surface area contributed by atoms with Crippen molar-refractivity contribution in [2.45, 2.75) is 13.8 Å². The number of benzene rings is 2. The van der Waals surface area contributed by atoms with Crippen molar-refractivity contribution in [2.75, 3.05) is 7.11 Å². The minimum absolute atomic E-state index is 0.0195. The van der Waals surface area contributed by atoms with Crippen LogP contribution in [-0.2, 0) is 0 Å². The fraction of sp³-hybridized carbons (Fsp3) is 0.158. The van der Waals surface area contributed by atoms with Crippen LogP contribution in [0.25, 0.3) is 11.0 Å². The third kappa shape index (κ3) is 2.88. The lowest BCUT2D eigenvalue weighted by Gasteiger charge is -2.09. The Morgan fingerprint density at radius 1 is 1.17 bits per heavy atom. The molecule has 3 aromatic rings. The molecule has 5 heteroatoms. The predicted molar refractivity (Wildman–Crippen MR) is 93.8 cm³/mol. The Labute approximate surface area is 138 Å². The van der Waals surface area contributed by atoms with Gasteiger partial charge in [-0.3, -0.25) is 4.99 Å². The Balaban J connectivity index is 2.18. The average molecular weight is 323 g/mol. The second-order valence-corrected chi connectivity index (χ2v) is 5.48. The second-order valence-electron chi connectivity index (χ2n) is 5.48. The summed E-state index contributed by atoms with van der Waals surface area (Å²) in [5, 5.41) is 11.0. The first-order valence-corrected chi connectivity index (χ1v) is 7.45. The van der Waals surface area contributed by atoms with Gasteiger partial charge in [-0.1, -0.05) is 0 Å². The summed E-state index contributed by atoms with van der Waals surface area (Å²) in [6.45, 7) is 3.59. The van der Waals surface area contributed by atoms with E-state index in [9.17, 15) is 9.90 Å². The van der Waals surface area contributed by atoms with Gasteiger partial charge in [0.2, 0.25) is 0 Å². The van der Waals surface area contributed by atoms with Crippen molar-refractivity contribution in [1.82, 2.24) is 0 Å². The van der Waals surface area contributed by atoms with E-state index in [2.05, 4.69) is 4.99 Å². The number of rotatable bonds is 3. The Morgan fingerprint density at radius 2 is 1.88 bits per heavy atom. The molecule has 0 unspecified atom stereocenters.